The average Bonchev–Trinajstić information content (AvgIpc) is 2.72. The Kier molecular flexibility index (Phi) is 8.91. The molecule has 0 radical (unpaired) electrons. The summed E-state index contributed by atoms with van der Waals surface area (Å²) in [6.45, 7) is -0.791. The maximum Gasteiger partial charge on any atom is 0.408 e. The van der Waals surface area contributed by atoms with Gasteiger partial charge in [0.25, 0.3) is 0 Å². The number of carbonyl (C=O) groups is 3. The third kappa shape index (κ3) is 6.91. The monoisotopic (exact) mass is 454 g/mol. The summed E-state index contributed by atoms with van der Waals surface area (Å²) in [5, 5.41) is 23.8. The highest BCUT2D eigenvalue weighted by atomic mass is 35.5. The van der Waals surface area contributed by atoms with Crippen LogP contribution < -0.4 is 10.6 Å². The zero-order valence-electron chi connectivity index (χ0n) is 15.7. The highest BCUT2D eigenvalue weighted by Crippen LogP contribution is 2.25. The molecule has 0 heterocycles. The quantitative estimate of drug-likeness (QED) is 0.460. The summed E-state index contributed by atoms with van der Waals surface area (Å²) >= 11 is 12.1. The van der Waals surface area contributed by atoms with Crippen molar-refractivity contribution in [1.29, 1.82) is 0 Å². The van der Waals surface area contributed by atoms with Crippen molar-refractivity contribution < 1.29 is 29.3 Å². The SMILES string of the molecule is O=C(N[C@@H](CO)C(=O)N[C@H](Cc1c(Cl)cccc1Cl)C(=O)O)OCc1ccccc1. The van der Waals surface area contributed by atoms with Crippen LogP contribution in [0.1, 0.15) is 11.1 Å². The third-order valence-electron chi connectivity index (χ3n) is 4.09. The van der Waals surface area contributed by atoms with Gasteiger partial charge in [0.15, 0.2) is 0 Å². The molecule has 2 aromatic rings. The number of nitrogens with one attached hydrogen (secondary N) is 2. The van der Waals surface area contributed by atoms with Crippen LogP contribution in [0.25, 0.3) is 0 Å². The van der Waals surface area contributed by atoms with Gasteiger partial charge >= 0.3 is 12.1 Å². The molecule has 0 aromatic heterocycles. The van der Waals surface area contributed by atoms with Gasteiger partial charge in [-0.05, 0) is 23.3 Å². The minimum atomic E-state index is -1.41. The average molecular weight is 455 g/mol. The summed E-state index contributed by atoms with van der Waals surface area (Å²) < 4.78 is 5.00. The van der Waals surface area contributed by atoms with Crippen LogP contribution in [0.4, 0.5) is 4.79 Å². The molecular formula is C20H20Cl2N2O6. The topological polar surface area (TPSA) is 125 Å². The molecule has 0 aliphatic carbocycles. The van der Waals surface area contributed by atoms with E-state index in [0.29, 0.717) is 5.56 Å². The molecule has 30 heavy (non-hydrogen) atoms. The largest absolute Gasteiger partial charge is 0.480 e. The first-order valence-corrected chi connectivity index (χ1v) is 9.61. The molecule has 2 atom stereocenters. The van der Waals surface area contributed by atoms with Crippen LogP contribution >= 0.6 is 23.2 Å². The standard InChI is InChI=1S/C20H20Cl2N2O6/c21-14-7-4-8-15(22)13(14)9-16(19(27)28)23-18(26)17(10-25)24-20(29)30-11-12-5-2-1-3-6-12/h1-8,16-17,25H,9-11H2,(H,23,26)(H,24,29)(H,27,28)/t16-,17+/m1/s1. The predicted molar refractivity (Wildman–Crippen MR) is 110 cm³/mol. The van der Waals surface area contributed by atoms with Crippen molar-refractivity contribution in [1.82, 2.24) is 10.6 Å². The lowest BCUT2D eigenvalue weighted by atomic mass is 10.1. The molecule has 160 valence electrons. The highest BCUT2D eigenvalue weighted by Gasteiger charge is 2.27. The summed E-state index contributed by atoms with van der Waals surface area (Å²) in [5.74, 6) is -2.23. The lowest BCUT2D eigenvalue weighted by Gasteiger charge is -2.20. The van der Waals surface area contributed by atoms with Crippen LogP contribution in [0.15, 0.2) is 48.5 Å². The molecule has 0 saturated heterocycles. The van der Waals surface area contributed by atoms with Gasteiger partial charge in [-0.1, -0.05) is 59.6 Å². The second kappa shape index (κ2) is 11.4. The van der Waals surface area contributed by atoms with Crippen molar-refractivity contribution in [2.24, 2.45) is 0 Å². The van der Waals surface area contributed by atoms with Crippen molar-refractivity contribution in [2.75, 3.05) is 6.61 Å². The molecule has 0 spiro atoms. The number of alkyl carbamates (subject to hydrolysis) is 1. The number of benzene rings is 2. The van der Waals surface area contributed by atoms with Crippen LogP contribution in [0.5, 0.6) is 0 Å². The molecule has 0 unspecified atom stereocenters. The molecule has 0 bridgehead atoms. The first-order valence-electron chi connectivity index (χ1n) is 8.86. The molecule has 0 saturated carbocycles. The van der Waals surface area contributed by atoms with Gasteiger partial charge in [0, 0.05) is 16.5 Å². The molecule has 2 aromatic carbocycles. The fourth-order valence-electron chi connectivity index (χ4n) is 2.51. The molecule has 0 aliphatic heterocycles. The van der Waals surface area contributed by atoms with Crippen LogP contribution in [-0.4, -0.2) is 46.9 Å². The Hall–Kier alpha value is -2.81. The van der Waals surface area contributed by atoms with Crippen molar-refractivity contribution >= 4 is 41.2 Å². The summed E-state index contributed by atoms with van der Waals surface area (Å²) in [7, 11) is 0. The first kappa shape index (κ1) is 23.5. The van der Waals surface area contributed by atoms with Gasteiger partial charge in [0.2, 0.25) is 5.91 Å². The summed E-state index contributed by atoms with van der Waals surface area (Å²) in [5.41, 5.74) is 1.09. The normalized spacial score (nSPS) is 12.5. The molecule has 2 rings (SSSR count). The van der Waals surface area contributed by atoms with E-state index < -0.39 is 36.7 Å². The van der Waals surface area contributed by atoms with Crippen molar-refractivity contribution in [3.63, 3.8) is 0 Å². The number of rotatable bonds is 9. The first-order chi connectivity index (χ1) is 14.3. The molecule has 10 heteroatoms. The van der Waals surface area contributed by atoms with Gasteiger partial charge < -0.3 is 25.6 Å². The number of aliphatic hydroxyl groups excluding tert-OH is 1. The zero-order chi connectivity index (χ0) is 22.1. The highest BCUT2D eigenvalue weighted by molar-refractivity contribution is 6.36. The van der Waals surface area contributed by atoms with Gasteiger partial charge in [-0.2, -0.15) is 0 Å². The summed E-state index contributed by atoms with van der Waals surface area (Å²) in [4.78, 5) is 35.9. The number of carboxylic acid groups (broad SMARTS) is 1. The lowest BCUT2D eigenvalue weighted by molar-refractivity contribution is -0.142. The van der Waals surface area contributed by atoms with Crippen molar-refractivity contribution in [2.45, 2.75) is 25.1 Å². The van der Waals surface area contributed by atoms with E-state index in [1.54, 1.807) is 42.5 Å². The fraction of sp³-hybridized carbons (Fsp3) is 0.250. The molecule has 0 fully saturated rings. The molecular weight excluding hydrogens is 435 g/mol. The number of hydrogen-bond donors (Lipinski definition) is 4. The van der Waals surface area contributed by atoms with E-state index in [9.17, 15) is 24.6 Å². The summed E-state index contributed by atoms with van der Waals surface area (Å²) in [6, 6.07) is 10.8. The van der Waals surface area contributed by atoms with Crippen LogP contribution in [0.2, 0.25) is 10.0 Å². The number of amides is 2. The van der Waals surface area contributed by atoms with E-state index >= 15 is 0 Å². The fourth-order valence-corrected chi connectivity index (χ4v) is 3.06. The minimum Gasteiger partial charge on any atom is -0.480 e. The maximum absolute atomic E-state index is 12.4. The van der Waals surface area contributed by atoms with E-state index in [-0.39, 0.29) is 23.1 Å². The second-order valence-electron chi connectivity index (χ2n) is 6.24. The third-order valence-corrected chi connectivity index (χ3v) is 4.80. The van der Waals surface area contributed by atoms with Gasteiger partial charge in [-0.3, -0.25) is 4.79 Å². The van der Waals surface area contributed by atoms with Crippen molar-refractivity contribution in [3.8, 4) is 0 Å². The predicted octanol–water partition coefficient (Wildman–Crippen LogP) is 2.39. The Labute approximate surface area is 182 Å². The minimum absolute atomic E-state index is 0.0325. The Morgan fingerprint density at radius 3 is 2.13 bits per heavy atom. The lowest BCUT2D eigenvalue weighted by Crippen LogP contribution is -2.53. The second-order valence-corrected chi connectivity index (χ2v) is 7.06. The number of carboxylic acids is 1. The molecule has 8 nitrogen and oxygen atoms in total. The Balaban J connectivity index is 1.97. The molecule has 0 aliphatic rings. The number of aliphatic hydroxyl groups is 1. The number of hydrogen-bond acceptors (Lipinski definition) is 5. The molecule has 4 N–H and O–H groups in total. The number of ether oxygens (including phenoxy) is 1. The number of carbonyl (C=O) groups excluding carboxylic acids is 2. The number of halogens is 2. The van der Waals surface area contributed by atoms with Gasteiger partial charge in [0.05, 0.1) is 6.61 Å². The van der Waals surface area contributed by atoms with E-state index in [4.69, 9.17) is 27.9 Å². The van der Waals surface area contributed by atoms with E-state index in [1.807, 2.05) is 6.07 Å². The van der Waals surface area contributed by atoms with Crippen molar-refractivity contribution in [3.05, 3.63) is 69.7 Å². The smallest absolute Gasteiger partial charge is 0.408 e. The number of aliphatic carboxylic acids is 1. The van der Waals surface area contributed by atoms with Crippen LogP contribution in [-0.2, 0) is 27.4 Å². The van der Waals surface area contributed by atoms with E-state index in [0.717, 1.165) is 5.56 Å². The maximum atomic E-state index is 12.4. The Morgan fingerprint density at radius 2 is 1.57 bits per heavy atom. The van der Waals surface area contributed by atoms with Gasteiger partial charge in [-0.25, -0.2) is 9.59 Å². The van der Waals surface area contributed by atoms with Gasteiger partial charge in [0.1, 0.15) is 18.7 Å². The Morgan fingerprint density at radius 1 is 0.933 bits per heavy atom. The van der Waals surface area contributed by atoms with Gasteiger partial charge in [-0.15, -0.1) is 0 Å². The van der Waals surface area contributed by atoms with E-state index in [2.05, 4.69) is 10.6 Å². The van der Waals surface area contributed by atoms with Crippen LogP contribution in [0, 0.1) is 0 Å². The zero-order valence-corrected chi connectivity index (χ0v) is 17.2. The molecule has 2 amide bonds. The summed E-state index contributed by atoms with van der Waals surface area (Å²) in [6.07, 6.45) is -1.12. The van der Waals surface area contributed by atoms with Crippen LogP contribution in [0.3, 0.4) is 0 Å². The van der Waals surface area contributed by atoms with E-state index in [1.165, 1.54) is 0 Å². The Bertz CT molecular complexity index is 874.